The van der Waals surface area contributed by atoms with Crippen LogP contribution in [0.2, 0.25) is 0 Å². The van der Waals surface area contributed by atoms with Gasteiger partial charge in [-0.15, -0.1) is 0 Å². The molecule has 3 atom stereocenters. The highest BCUT2D eigenvalue weighted by molar-refractivity contribution is 7.32. The lowest BCUT2D eigenvalue weighted by Gasteiger charge is -2.25. The molecule has 0 radical (unpaired) electrons. The van der Waals surface area contributed by atoms with Gasteiger partial charge < -0.3 is 36.5 Å². The van der Waals surface area contributed by atoms with Crippen LogP contribution in [-0.2, 0) is 34.9 Å². The summed E-state index contributed by atoms with van der Waals surface area (Å²) in [5, 5.41) is 24.3. The maximum atomic E-state index is 10.5. The molecule has 0 saturated carbocycles. The molecule has 6 rings (SSSR count). The van der Waals surface area contributed by atoms with Crippen LogP contribution >= 0.6 is 16.5 Å². The van der Waals surface area contributed by atoms with Crippen LogP contribution in [0.5, 0.6) is 11.5 Å². The molecule has 4 aromatic carbocycles. The van der Waals surface area contributed by atoms with Gasteiger partial charge in [0.2, 0.25) is 0 Å². The molecular weight excluding hydrogens is 847 g/mol. The number of rotatable bonds is 16. The Labute approximate surface area is 381 Å². The van der Waals surface area contributed by atoms with Crippen LogP contribution in [0.3, 0.4) is 0 Å². The van der Waals surface area contributed by atoms with Crippen molar-refractivity contribution in [3.8, 4) is 11.5 Å². The Kier molecular flexibility index (Phi) is 14.8. The van der Waals surface area contributed by atoms with Crippen LogP contribution in [0.1, 0.15) is 156 Å². The average Bonchev–Trinajstić information content (AvgIpc) is 3.50. The van der Waals surface area contributed by atoms with Gasteiger partial charge >= 0.3 is 16.5 Å². The summed E-state index contributed by atoms with van der Waals surface area (Å²) in [6.45, 7) is 29.8. The van der Waals surface area contributed by atoms with Crippen molar-refractivity contribution in [3.63, 3.8) is 0 Å². The van der Waals surface area contributed by atoms with Crippen molar-refractivity contribution in [2.24, 2.45) is 0 Å². The molecule has 0 fully saturated rings. The quantitative estimate of drug-likeness (QED) is 0.0968. The lowest BCUT2D eigenvalue weighted by atomic mass is 9.79. The Morgan fingerprint density at radius 3 is 1.11 bits per heavy atom. The zero-order chi connectivity index (χ0) is 47.1. The molecule has 6 aromatic rings. The van der Waals surface area contributed by atoms with Gasteiger partial charge in [0.25, 0.3) is 0 Å². The first-order chi connectivity index (χ1) is 30.0. The number of aliphatic hydroxyl groups excluding tert-OH is 2. The van der Waals surface area contributed by atoms with E-state index in [-0.39, 0.29) is 47.1 Å². The first-order valence-corrected chi connectivity index (χ1v) is 24.9. The van der Waals surface area contributed by atoms with E-state index in [0.717, 1.165) is 85.7 Å². The molecule has 2 heterocycles. The summed E-state index contributed by atoms with van der Waals surface area (Å²) in [6.07, 6.45) is 2.22. The summed E-state index contributed by atoms with van der Waals surface area (Å²) < 4.78 is 53.2. The van der Waals surface area contributed by atoms with E-state index in [9.17, 15) is 10.2 Å². The van der Waals surface area contributed by atoms with Gasteiger partial charge in [-0.3, -0.25) is 9.05 Å². The molecule has 0 bridgehead atoms. The zero-order valence-corrected chi connectivity index (χ0v) is 42.9. The van der Waals surface area contributed by atoms with E-state index < -0.39 is 16.5 Å². The van der Waals surface area contributed by atoms with E-state index in [1.54, 1.807) is 14.2 Å². The van der Waals surface area contributed by atoms with E-state index in [0.29, 0.717) is 28.8 Å². The third-order valence-electron chi connectivity index (χ3n) is 13.3. The standard InChI is InChI=1S/C52H72O10P2/c1-17-50(9,10)42-23-33(29-53)21-37-38-22-34(30-54)24-43(51(11,12)18-2)47(38)61-64(60-46(37)42)58-32(5)20-31(4)57-63-59-45-39(25-35(55-15)27-41(45)49(6,7)8)40-26-36(56-16)28-44(48(40)62-63)52(13,14)19-3/h21-28,31-32,53-54H,17-20,29-30H2,1-16H3/t31-,32-,63?/m1/s1. The summed E-state index contributed by atoms with van der Waals surface area (Å²) in [6, 6.07) is 16.1. The van der Waals surface area contributed by atoms with Crippen LogP contribution in [-0.4, -0.2) is 36.6 Å². The predicted octanol–water partition coefficient (Wildman–Crippen LogP) is 15.0. The number of benzene rings is 4. The van der Waals surface area contributed by atoms with E-state index >= 15 is 0 Å². The average molecular weight is 919 g/mol. The first-order valence-electron chi connectivity index (χ1n) is 22.7. The SMILES string of the molecule is CCC(C)(C)c1cc(OC)cc2c1op(O[C@H](C)C[C@@H](C)Op1oc3c(C(C)(C)CC)cc(CO)cc3c3cc(CO)cc(C(C)(C)CC)c3o1)oc1c(C(C)(C)C)cc(OC)cc12. The maximum absolute atomic E-state index is 10.5. The number of aliphatic hydroxyl groups is 2. The van der Waals surface area contributed by atoms with E-state index in [4.69, 9.17) is 35.3 Å². The van der Waals surface area contributed by atoms with Gasteiger partial charge in [0.15, 0.2) is 0 Å². The Hall–Kier alpha value is -3.88. The van der Waals surface area contributed by atoms with Gasteiger partial charge in [-0.25, -0.2) is 0 Å². The van der Waals surface area contributed by atoms with Crippen LogP contribution < -0.4 is 18.5 Å². The van der Waals surface area contributed by atoms with Gasteiger partial charge in [0, 0.05) is 50.2 Å². The molecule has 12 heteroatoms. The van der Waals surface area contributed by atoms with Crippen LogP contribution in [0.15, 0.2) is 65.3 Å². The minimum atomic E-state index is -2.01. The largest absolute Gasteiger partial charge is 0.497 e. The molecule has 1 unspecified atom stereocenters. The second-order valence-electron chi connectivity index (χ2n) is 20.3. The highest BCUT2D eigenvalue weighted by Crippen LogP contribution is 2.47. The van der Waals surface area contributed by atoms with E-state index in [1.165, 1.54) is 0 Å². The third-order valence-corrected chi connectivity index (χ3v) is 15.7. The lowest BCUT2D eigenvalue weighted by Crippen LogP contribution is -2.21. The van der Waals surface area contributed by atoms with Crippen molar-refractivity contribution in [1.29, 1.82) is 0 Å². The molecule has 64 heavy (non-hydrogen) atoms. The van der Waals surface area contributed by atoms with E-state index in [2.05, 4.69) is 89.2 Å². The molecule has 2 N–H and O–H groups in total. The Bertz CT molecular complexity index is 2630. The topological polar surface area (TPSA) is 130 Å². The number of methoxy groups -OCH3 is 2. The fraction of sp³-hybridized carbons (Fsp3) is 0.538. The molecule has 350 valence electrons. The molecule has 10 nitrogen and oxygen atoms in total. The first kappa shape index (κ1) is 49.6. The summed E-state index contributed by atoms with van der Waals surface area (Å²) in [4.78, 5) is 0. The third kappa shape index (κ3) is 10.1. The highest BCUT2D eigenvalue weighted by atomic mass is 31.1. The van der Waals surface area contributed by atoms with Crippen molar-refractivity contribution in [2.75, 3.05) is 14.2 Å². The number of fused-ring (bicyclic) bond motifs is 6. The number of hydrogen-bond acceptors (Lipinski definition) is 10. The van der Waals surface area contributed by atoms with Gasteiger partial charge in [-0.2, -0.15) is 0 Å². The molecule has 0 aliphatic heterocycles. The van der Waals surface area contributed by atoms with Crippen molar-refractivity contribution in [1.82, 2.24) is 0 Å². The summed E-state index contributed by atoms with van der Waals surface area (Å²) in [5.74, 6) is 1.45. The minimum absolute atomic E-state index is 0.131. The molecule has 0 saturated heterocycles. The monoisotopic (exact) mass is 918 g/mol. The Morgan fingerprint density at radius 2 is 0.797 bits per heavy atom. The van der Waals surface area contributed by atoms with Crippen molar-refractivity contribution >= 4 is 60.4 Å². The van der Waals surface area contributed by atoms with Crippen LogP contribution in [0.25, 0.3) is 43.9 Å². The second kappa shape index (κ2) is 19.1. The minimum Gasteiger partial charge on any atom is -0.497 e. The van der Waals surface area contributed by atoms with Crippen LogP contribution in [0.4, 0.5) is 0 Å². The maximum Gasteiger partial charge on any atom is 0.387 e. The fourth-order valence-corrected chi connectivity index (χ4v) is 10.5. The van der Waals surface area contributed by atoms with Gasteiger partial charge in [0.1, 0.15) is 33.8 Å². The van der Waals surface area contributed by atoms with Gasteiger partial charge in [-0.05, 0) is 114 Å². The molecule has 0 amide bonds. The Balaban J connectivity index is 1.52. The molecule has 0 spiro atoms. The molecular formula is C52H72O10P2. The fourth-order valence-electron chi connectivity index (χ4n) is 8.10. The Morgan fingerprint density at radius 1 is 0.484 bits per heavy atom. The summed E-state index contributed by atoms with van der Waals surface area (Å²) in [7, 11) is -0.617. The normalized spacial score (nSPS) is 14.1. The molecule has 2 aromatic heterocycles. The summed E-state index contributed by atoms with van der Waals surface area (Å²) in [5.41, 5.74) is 6.97. The second-order valence-corrected chi connectivity index (χ2v) is 22.3. The van der Waals surface area contributed by atoms with Gasteiger partial charge in [0.05, 0.1) is 39.6 Å². The highest BCUT2D eigenvalue weighted by Gasteiger charge is 2.31. The predicted molar refractivity (Wildman–Crippen MR) is 263 cm³/mol. The van der Waals surface area contributed by atoms with Crippen molar-refractivity contribution < 1.29 is 45.5 Å². The smallest absolute Gasteiger partial charge is 0.387 e. The molecule has 0 aliphatic carbocycles. The zero-order valence-electron chi connectivity index (χ0n) is 41.1. The van der Waals surface area contributed by atoms with Crippen LogP contribution in [0, 0.1) is 0 Å². The van der Waals surface area contributed by atoms with Crippen molar-refractivity contribution in [2.45, 2.75) is 170 Å². The molecule has 0 aliphatic rings. The number of ether oxygens (including phenoxy) is 2. The summed E-state index contributed by atoms with van der Waals surface area (Å²) >= 11 is 0. The van der Waals surface area contributed by atoms with Crippen molar-refractivity contribution in [3.05, 3.63) is 81.9 Å². The number of hydrogen-bond donors (Lipinski definition) is 2. The lowest BCUT2D eigenvalue weighted by molar-refractivity contribution is 0.184. The van der Waals surface area contributed by atoms with E-state index in [1.807, 2.05) is 56.3 Å². The van der Waals surface area contributed by atoms with Gasteiger partial charge in [-0.1, -0.05) is 83.1 Å².